The molecule has 6 heteroatoms. The van der Waals surface area contributed by atoms with Crippen LogP contribution in [0.25, 0.3) is 0 Å². The van der Waals surface area contributed by atoms with Crippen molar-refractivity contribution in [2.24, 2.45) is 7.05 Å². The smallest absolute Gasteiger partial charge is 0.227 e. The highest BCUT2D eigenvalue weighted by Crippen LogP contribution is 2.26. The lowest BCUT2D eigenvalue weighted by molar-refractivity contribution is -0.134. The molecule has 23 heavy (non-hydrogen) atoms. The molecule has 122 valence electrons. The van der Waals surface area contributed by atoms with E-state index in [0.717, 1.165) is 11.1 Å². The van der Waals surface area contributed by atoms with Gasteiger partial charge in [-0.05, 0) is 36.1 Å². The summed E-state index contributed by atoms with van der Waals surface area (Å²) < 4.78 is 1.70. The van der Waals surface area contributed by atoms with Gasteiger partial charge in [-0.3, -0.25) is 14.5 Å². The molecule has 1 N–H and O–H groups in total. The number of hydrogen-bond acceptors (Lipinski definition) is 4. The van der Waals surface area contributed by atoms with Crippen LogP contribution in [0.5, 0.6) is 0 Å². The molecular formula is C17H22N4O2. The molecule has 3 rings (SSSR count). The highest BCUT2D eigenvalue weighted by Gasteiger charge is 2.33. The Morgan fingerprint density at radius 2 is 1.96 bits per heavy atom. The van der Waals surface area contributed by atoms with Gasteiger partial charge in [-0.1, -0.05) is 0 Å². The van der Waals surface area contributed by atoms with Crippen molar-refractivity contribution < 1.29 is 9.90 Å². The molecule has 1 aliphatic heterocycles. The van der Waals surface area contributed by atoms with E-state index in [2.05, 4.69) is 10.1 Å². The number of likely N-dealkylation sites (tertiary alicyclic amines) is 1. The number of nitrogens with zero attached hydrogens (tertiary/aromatic N) is 4. The van der Waals surface area contributed by atoms with Crippen LogP contribution in [0, 0.1) is 0 Å². The van der Waals surface area contributed by atoms with Gasteiger partial charge in [0.05, 0.1) is 18.2 Å². The van der Waals surface area contributed by atoms with Gasteiger partial charge in [0.25, 0.3) is 0 Å². The number of rotatable bonds is 4. The van der Waals surface area contributed by atoms with E-state index in [-0.39, 0.29) is 5.91 Å². The maximum Gasteiger partial charge on any atom is 0.227 e. The Bertz CT molecular complexity index is 660. The van der Waals surface area contributed by atoms with Gasteiger partial charge in [-0.15, -0.1) is 0 Å². The summed E-state index contributed by atoms with van der Waals surface area (Å²) in [5, 5.41) is 14.8. The van der Waals surface area contributed by atoms with Crippen LogP contribution in [0.15, 0.2) is 36.9 Å². The van der Waals surface area contributed by atoms with E-state index in [1.165, 1.54) is 0 Å². The number of aryl methyl sites for hydroxylation is 1. The number of carbonyl (C=O) groups is 1. The van der Waals surface area contributed by atoms with Gasteiger partial charge in [0.1, 0.15) is 0 Å². The summed E-state index contributed by atoms with van der Waals surface area (Å²) in [6.45, 7) is 1.20. The van der Waals surface area contributed by atoms with Gasteiger partial charge in [0.15, 0.2) is 0 Å². The Morgan fingerprint density at radius 3 is 2.57 bits per heavy atom. The van der Waals surface area contributed by atoms with E-state index < -0.39 is 5.60 Å². The first-order valence-corrected chi connectivity index (χ1v) is 7.91. The van der Waals surface area contributed by atoms with Crippen LogP contribution in [-0.2, 0) is 24.7 Å². The quantitative estimate of drug-likeness (QED) is 0.912. The van der Waals surface area contributed by atoms with Crippen LogP contribution >= 0.6 is 0 Å². The van der Waals surface area contributed by atoms with Crippen LogP contribution < -0.4 is 0 Å². The minimum atomic E-state index is -0.730. The van der Waals surface area contributed by atoms with E-state index in [0.29, 0.717) is 38.8 Å². The second-order valence-corrected chi connectivity index (χ2v) is 6.34. The topological polar surface area (TPSA) is 71.2 Å². The average Bonchev–Trinajstić information content (AvgIpc) is 2.93. The van der Waals surface area contributed by atoms with Crippen LogP contribution in [0.2, 0.25) is 0 Å². The van der Waals surface area contributed by atoms with Gasteiger partial charge in [-0.25, -0.2) is 0 Å². The van der Waals surface area contributed by atoms with Gasteiger partial charge < -0.3 is 10.0 Å². The van der Waals surface area contributed by atoms with Gasteiger partial charge in [-0.2, -0.15) is 5.10 Å². The third-order valence-electron chi connectivity index (χ3n) is 4.44. The van der Waals surface area contributed by atoms with E-state index in [1.807, 2.05) is 30.3 Å². The zero-order valence-electron chi connectivity index (χ0n) is 13.4. The first-order chi connectivity index (χ1) is 11.0. The molecule has 0 spiro atoms. The predicted octanol–water partition coefficient (Wildman–Crippen LogP) is 0.954. The fourth-order valence-electron chi connectivity index (χ4n) is 3.08. The lowest BCUT2D eigenvalue weighted by Crippen LogP contribution is -2.48. The third-order valence-corrected chi connectivity index (χ3v) is 4.44. The van der Waals surface area contributed by atoms with Crippen molar-refractivity contribution >= 4 is 5.91 Å². The third kappa shape index (κ3) is 3.96. The second-order valence-electron chi connectivity index (χ2n) is 6.34. The number of pyridine rings is 1. The minimum Gasteiger partial charge on any atom is -0.389 e. The molecule has 0 unspecified atom stereocenters. The predicted molar refractivity (Wildman–Crippen MR) is 85.6 cm³/mol. The molecule has 2 aromatic rings. The number of aromatic nitrogens is 3. The fourth-order valence-corrected chi connectivity index (χ4v) is 3.08. The van der Waals surface area contributed by atoms with Gasteiger partial charge >= 0.3 is 0 Å². The van der Waals surface area contributed by atoms with Crippen LogP contribution in [0.1, 0.15) is 24.0 Å². The Morgan fingerprint density at radius 1 is 1.26 bits per heavy atom. The molecular weight excluding hydrogens is 292 g/mol. The summed E-state index contributed by atoms with van der Waals surface area (Å²) in [4.78, 5) is 18.2. The number of carbonyl (C=O) groups excluding carboxylic acids is 1. The Kier molecular flexibility index (Phi) is 4.43. The molecule has 0 radical (unpaired) electrons. The molecule has 1 amide bonds. The highest BCUT2D eigenvalue weighted by atomic mass is 16.3. The van der Waals surface area contributed by atoms with Crippen LogP contribution in [0.4, 0.5) is 0 Å². The van der Waals surface area contributed by atoms with Crippen molar-refractivity contribution in [3.05, 3.63) is 48.0 Å². The second kappa shape index (κ2) is 6.50. The van der Waals surface area contributed by atoms with E-state index in [9.17, 15) is 9.90 Å². The Balaban J connectivity index is 1.54. The zero-order valence-corrected chi connectivity index (χ0v) is 13.4. The molecule has 2 aromatic heterocycles. The summed E-state index contributed by atoms with van der Waals surface area (Å²) in [5.74, 6) is 0.101. The maximum absolute atomic E-state index is 12.3. The summed E-state index contributed by atoms with van der Waals surface area (Å²) in [6.07, 6.45) is 9.26. The Hall–Kier alpha value is -2.21. The molecule has 0 bridgehead atoms. The lowest BCUT2D eigenvalue weighted by atomic mass is 9.85. The van der Waals surface area contributed by atoms with E-state index in [4.69, 9.17) is 0 Å². The Labute approximate surface area is 135 Å². The summed E-state index contributed by atoms with van der Waals surface area (Å²) in [5.41, 5.74) is 1.28. The van der Waals surface area contributed by atoms with Crippen molar-refractivity contribution in [3.8, 4) is 0 Å². The first-order valence-electron chi connectivity index (χ1n) is 7.91. The maximum atomic E-state index is 12.3. The van der Waals surface area contributed by atoms with Gasteiger partial charge in [0.2, 0.25) is 5.91 Å². The molecule has 3 heterocycles. The number of amides is 1. The van der Waals surface area contributed by atoms with E-state index in [1.54, 1.807) is 23.3 Å². The molecule has 0 saturated carbocycles. The zero-order chi connectivity index (χ0) is 16.3. The molecule has 0 aliphatic carbocycles. The highest BCUT2D eigenvalue weighted by molar-refractivity contribution is 5.78. The van der Waals surface area contributed by atoms with Crippen molar-refractivity contribution in [3.63, 3.8) is 0 Å². The monoisotopic (exact) mass is 314 g/mol. The average molecular weight is 314 g/mol. The SMILES string of the molecule is Cn1cc(CC(=O)N2CCC(O)(Cc3ccncc3)CC2)cn1. The number of hydrogen-bond donors (Lipinski definition) is 1. The number of aliphatic hydroxyl groups is 1. The van der Waals surface area contributed by atoms with Crippen molar-refractivity contribution in [2.75, 3.05) is 13.1 Å². The normalized spacial score (nSPS) is 17.2. The lowest BCUT2D eigenvalue weighted by Gasteiger charge is -2.38. The minimum absolute atomic E-state index is 0.101. The molecule has 6 nitrogen and oxygen atoms in total. The van der Waals surface area contributed by atoms with E-state index >= 15 is 0 Å². The first kappa shape index (κ1) is 15.7. The van der Waals surface area contributed by atoms with Gasteiger partial charge in [0, 0.05) is 45.1 Å². The van der Waals surface area contributed by atoms with Crippen molar-refractivity contribution in [1.82, 2.24) is 19.7 Å². The standard InChI is InChI=1S/C17H22N4O2/c1-20-13-15(12-19-20)10-16(22)21-8-4-17(23,5-9-21)11-14-2-6-18-7-3-14/h2-3,6-7,12-13,23H,4-5,8-11H2,1H3. The summed E-state index contributed by atoms with van der Waals surface area (Å²) in [6, 6.07) is 3.86. The molecule has 1 saturated heterocycles. The molecule has 1 fully saturated rings. The van der Waals surface area contributed by atoms with Crippen LogP contribution in [0.3, 0.4) is 0 Å². The fraction of sp³-hybridized carbons (Fsp3) is 0.471. The van der Waals surface area contributed by atoms with Crippen LogP contribution in [-0.4, -0.2) is 49.4 Å². The molecule has 0 aromatic carbocycles. The summed E-state index contributed by atoms with van der Waals surface area (Å²) in [7, 11) is 1.84. The molecule has 0 atom stereocenters. The van der Waals surface area contributed by atoms with Crippen molar-refractivity contribution in [2.45, 2.75) is 31.3 Å². The largest absolute Gasteiger partial charge is 0.389 e. The summed E-state index contributed by atoms with van der Waals surface area (Å²) >= 11 is 0. The van der Waals surface area contributed by atoms with Crippen molar-refractivity contribution in [1.29, 1.82) is 0 Å². The molecule has 1 aliphatic rings. The number of piperidine rings is 1.